The number of hydrazine groups is 1. The molecule has 0 fully saturated rings. The Hall–Kier alpha value is -2.01. The second-order valence-corrected chi connectivity index (χ2v) is 7.75. The largest absolute Gasteiger partial charge is 0.455 e. The summed E-state index contributed by atoms with van der Waals surface area (Å²) >= 11 is 5.90. The van der Waals surface area contributed by atoms with Gasteiger partial charge in [-0.1, -0.05) is 29.8 Å². The summed E-state index contributed by atoms with van der Waals surface area (Å²) in [5.41, 5.74) is 3.84. The highest BCUT2D eigenvalue weighted by Gasteiger charge is 2.40. The van der Waals surface area contributed by atoms with Crippen LogP contribution in [0.15, 0.2) is 59.7 Å². The first-order valence-corrected chi connectivity index (χ1v) is 8.84. The van der Waals surface area contributed by atoms with E-state index in [1.807, 2.05) is 30.3 Å². The van der Waals surface area contributed by atoms with Gasteiger partial charge in [0.25, 0.3) is 0 Å². The number of para-hydroxylation sites is 1. The van der Waals surface area contributed by atoms with Crippen molar-refractivity contribution in [2.45, 2.75) is 0 Å². The zero-order valence-electron chi connectivity index (χ0n) is 12.7. The predicted octanol–water partition coefficient (Wildman–Crippen LogP) is 3.57. The molecule has 23 heavy (non-hydrogen) atoms. The van der Waals surface area contributed by atoms with Crippen LogP contribution in [0, 0.1) is 0 Å². The minimum Gasteiger partial charge on any atom is -0.416 e. The summed E-state index contributed by atoms with van der Waals surface area (Å²) in [7, 11) is -0.0632. The van der Waals surface area contributed by atoms with Crippen LogP contribution in [0.1, 0.15) is 5.56 Å². The Balaban J connectivity index is 1.88. The number of nitrogens with one attached hydrogen (secondary N) is 1. The van der Waals surface area contributed by atoms with E-state index in [0.29, 0.717) is 16.6 Å². The highest BCUT2D eigenvalue weighted by atomic mass is 35.5. The maximum atomic E-state index is 13.1. The summed E-state index contributed by atoms with van der Waals surface area (Å²) < 4.78 is 21.6. The summed E-state index contributed by atoms with van der Waals surface area (Å²) in [5.74, 6) is 1.08. The average Bonchev–Trinajstić information content (AvgIpc) is 2.54. The smallest absolute Gasteiger partial charge is 0.416 e. The van der Waals surface area contributed by atoms with E-state index in [9.17, 15) is 4.57 Å². The van der Waals surface area contributed by atoms with Crippen molar-refractivity contribution in [1.29, 1.82) is 0 Å². The Bertz CT molecular complexity index is 767. The van der Waals surface area contributed by atoms with Crippen molar-refractivity contribution in [2.75, 3.05) is 14.1 Å². The number of benzene rings is 2. The topological polar surface area (TPSA) is 57.2 Å². The first-order valence-electron chi connectivity index (χ1n) is 6.93. The van der Waals surface area contributed by atoms with E-state index >= 15 is 0 Å². The molecule has 0 spiro atoms. The first kappa shape index (κ1) is 15.9. The quantitative estimate of drug-likeness (QED) is 0.858. The number of hydrogen-bond acceptors (Lipinski definition) is 4. The van der Waals surface area contributed by atoms with E-state index < -0.39 is 7.67 Å². The Morgan fingerprint density at radius 2 is 1.74 bits per heavy atom. The summed E-state index contributed by atoms with van der Waals surface area (Å²) in [5, 5.41) is 4.99. The Kier molecular flexibility index (Phi) is 4.31. The van der Waals surface area contributed by atoms with Crippen molar-refractivity contribution in [2.24, 2.45) is 5.10 Å². The molecular weight excluding hydrogens is 335 g/mol. The van der Waals surface area contributed by atoms with Gasteiger partial charge in [-0.15, -0.1) is 9.88 Å². The molecule has 2 aromatic rings. The molecule has 120 valence electrons. The molecule has 0 amide bonds. The molecule has 1 aliphatic heterocycles. The summed E-state index contributed by atoms with van der Waals surface area (Å²) in [6, 6.07) is 16.2. The fraction of sp³-hybridized carbons (Fsp3) is 0.133. The molecule has 1 N–H and O–H groups in total. The number of amidine groups is 1. The Morgan fingerprint density at radius 3 is 2.35 bits per heavy atom. The minimum atomic E-state index is -3.34. The third-order valence-electron chi connectivity index (χ3n) is 3.34. The van der Waals surface area contributed by atoms with Crippen molar-refractivity contribution >= 4 is 25.1 Å². The molecule has 0 radical (unpaired) electrons. The minimum absolute atomic E-state index is 0.515. The van der Waals surface area contributed by atoms with Gasteiger partial charge in [0.15, 0.2) is 5.84 Å². The lowest BCUT2D eigenvalue weighted by Gasteiger charge is -2.37. The maximum absolute atomic E-state index is 13.1. The molecular formula is C15H16ClN4O2P. The van der Waals surface area contributed by atoms with Gasteiger partial charge in [-0.25, -0.2) is 9.34 Å². The first-order chi connectivity index (χ1) is 11.0. The van der Waals surface area contributed by atoms with Gasteiger partial charge in [-0.2, -0.15) is 0 Å². The fourth-order valence-corrected chi connectivity index (χ4v) is 3.68. The molecule has 0 saturated carbocycles. The number of halogens is 1. The van der Waals surface area contributed by atoms with Crippen LogP contribution in [0.5, 0.6) is 5.75 Å². The monoisotopic (exact) mass is 350 g/mol. The molecule has 3 rings (SSSR count). The number of rotatable bonds is 3. The highest BCUT2D eigenvalue weighted by molar-refractivity contribution is 7.54. The van der Waals surface area contributed by atoms with Crippen molar-refractivity contribution in [3.05, 3.63) is 65.2 Å². The predicted molar refractivity (Wildman–Crippen MR) is 91.3 cm³/mol. The van der Waals surface area contributed by atoms with Crippen LogP contribution in [0.2, 0.25) is 5.02 Å². The van der Waals surface area contributed by atoms with Crippen LogP contribution in [-0.4, -0.2) is 29.5 Å². The second kappa shape index (κ2) is 6.24. The van der Waals surface area contributed by atoms with Gasteiger partial charge < -0.3 is 4.52 Å². The van der Waals surface area contributed by atoms with E-state index in [0.717, 1.165) is 5.56 Å². The lowest BCUT2D eigenvalue weighted by atomic mass is 10.2. The molecule has 1 aliphatic rings. The zero-order chi connectivity index (χ0) is 16.4. The van der Waals surface area contributed by atoms with Gasteiger partial charge in [0, 0.05) is 24.7 Å². The van der Waals surface area contributed by atoms with Crippen LogP contribution in [0.25, 0.3) is 0 Å². The van der Waals surface area contributed by atoms with Crippen LogP contribution in [-0.2, 0) is 4.57 Å². The summed E-state index contributed by atoms with van der Waals surface area (Å²) in [4.78, 5) is 0. The van der Waals surface area contributed by atoms with Crippen LogP contribution in [0.4, 0.5) is 0 Å². The van der Waals surface area contributed by atoms with Gasteiger partial charge in [0.05, 0.1) is 0 Å². The molecule has 2 aromatic carbocycles. The molecule has 6 nitrogen and oxygen atoms in total. The Morgan fingerprint density at radius 1 is 1.09 bits per heavy atom. The lowest BCUT2D eigenvalue weighted by molar-refractivity contribution is 0.284. The lowest BCUT2D eigenvalue weighted by Crippen LogP contribution is -2.46. The maximum Gasteiger partial charge on any atom is 0.455 e. The molecule has 0 bridgehead atoms. The van der Waals surface area contributed by atoms with Crippen LogP contribution < -0.4 is 9.95 Å². The molecule has 8 heteroatoms. The molecule has 0 saturated heterocycles. The average molecular weight is 351 g/mol. The summed E-state index contributed by atoms with van der Waals surface area (Å²) in [6.07, 6.45) is 0. The van der Waals surface area contributed by atoms with Crippen molar-refractivity contribution in [3.63, 3.8) is 0 Å². The van der Waals surface area contributed by atoms with E-state index in [1.54, 1.807) is 38.4 Å². The van der Waals surface area contributed by atoms with E-state index in [4.69, 9.17) is 16.1 Å². The van der Waals surface area contributed by atoms with Crippen LogP contribution in [0.3, 0.4) is 0 Å². The fourth-order valence-electron chi connectivity index (χ4n) is 2.10. The normalized spacial score (nSPS) is 21.5. The molecule has 0 aliphatic carbocycles. The summed E-state index contributed by atoms with van der Waals surface area (Å²) in [6.45, 7) is 0. The van der Waals surface area contributed by atoms with Crippen molar-refractivity contribution in [1.82, 2.24) is 15.0 Å². The van der Waals surface area contributed by atoms with E-state index in [1.165, 1.54) is 9.56 Å². The van der Waals surface area contributed by atoms with Gasteiger partial charge in [0.2, 0.25) is 0 Å². The van der Waals surface area contributed by atoms with Gasteiger partial charge in [0.1, 0.15) is 5.75 Å². The van der Waals surface area contributed by atoms with Gasteiger partial charge in [-0.3, -0.25) is 5.43 Å². The third kappa shape index (κ3) is 3.20. The number of hydrazone groups is 1. The molecule has 1 atom stereocenters. The number of nitrogens with zero attached hydrogens (tertiary/aromatic N) is 3. The molecule has 0 aromatic heterocycles. The SMILES string of the molecule is CN1N=C(c2ccc(Cl)cc2)NN(C)P1(=O)Oc1ccccc1. The Labute approximate surface area is 139 Å². The van der Waals surface area contributed by atoms with Gasteiger partial charge in [-0.05, 0) is 36.4 Å². The zero-order valence-corrected chi connectivity index (χ0v) is 14.3. The van der Waals surface area contributed by atoms with Crippen molar-refractivity contribution in [3.8, 4) is 5.75 Å². The number of hydrogen-bond donors (Lipinski definition) is 1. The van der Waals surface area contributed by atoms with E-state index in [2.05, 4.69) is 10.5 Å². The highest BCUT2D eigenvalue weighted by Crippen LogP contribution is 2.53. The standard InChI is InChI=1S/C15H16ClN4O2P/c1-19-17-15(12-8-10-13(16)11-9-12)18-20(2)23(19,21)22-14-6-4-3-5-7-14/h3-11H,1-2H3,(H,17,18). The third-order valence-corrected chi connectivity index (χ3v) is 5.72. The van der Waals surface area contributed by atoms with E-state index in [-0.39, 0.29) is 0 Å². The molecule has 1 unspecified atom stereocenters. The van der Waals surface area contributed by atoms with Crippen molar-refractivity contribution < 1.29 is 9.09 Å². The second-order valence-electron chi connectivity index (χ2n) is 4.98. The van der Waals surface area contributed by atoms with Gasteiger partial charge >= 0.3 is 7.67 Å². The molecule has 1 heterocycles. The van der Waals surface area contributed by atoms with Crippen LogP contribution >= 0.6 is 19.3 Å².